The number of aromatic nitrogens is 2. The number of anilines is 1. The first-order valence-corrected chi connectivity index (χ1v) is 6.96. The van der Waals surface area contributed by atoms with Gasteiger partial charge in [0, 0.05) is 25.5 Å². The maximum Gasteiger partial charge on any atom is 0.419 e. The van der Waals surface area contributed by atoms with Crippen LogP contribution in [-0.2, 0) is 15.7 Å². The number of halogens is 4. The number of alkyl halides is 4. The van der Waals surface area contributed by atoms with Crippen molar-refractivity contribution in [1.29, 1.82) is 0 Å². The zero-order valence-corrected chi connectivity index (χ0v) is 12.3. The SMILES string of the molecule is CCOC(=O)C(F)C1=CCN(c2ncc(C(F)(F)F)cn2)CC1. The topological polar surface area (TPSA) is 55.3 Å². The van der Waals surface area contributed by atoms with E-state index >= 15 is 0 Å². The van der Waals surface area contributed by atoms with Gasteiger partial charge < -0.3 is 9.64 Å². The van der Waals surface area contributed by atoms with Crippen LogP contribution < -0.4 is 4.90 Å². The highest BCUT2D eigenvalue weighted by atomic mass is 19.4. The van der Waals surface area contributed by atoms with Crippen LogP contribution in [0.4, 0.5) is 23.5 Å². The molecular weight excluding hydrogens is 318 g/mol. The summed E-state index contributed by atoms with van der Waals surface area (Å²) in [6.45, 7) is 2.19. The number of hydrogen-bond acceptors (Lipinski definition) is 5. The van der Waals surface area contributed by atoms with Gasteiger partial charge >= 0.3 is 12.1 Å². The summed E-state index contributed by atoms with van der Waals surface area (Å²) in [6.07, 6.45) is -3.15. The number of ether oxygens (including phenoxy) is 1. The maximum absolute atomic E-state index is 13.9. The molecule has 0 radical (unpaired) electrons. The van der Waals surface area contributed by atoms with Crippen molar-refractivity contribution >= 4 is 11.9 Å². The van der Waals surface area contributed by atoms with Crippen LogP contribution in [0.15, 0.2) is 24.0 Å². The van der Waals surface area contributed by atoms with Crippen LogP contribution in [0, 0.1) is 0 Å². The van der Waals surface area contributed by atoms with Crippen LogP contribution >= 0.6 is 0 Å². The van der Waals surface area contributed by atoms with Crippen molar-refractivity contribution in [1.82, 2.24) is 9.97 Å². The molecule has 23 heavy (non-hydrogen) atoms. The van der Waals surface area contributed by atoms with Crippen molar-refractivity contribution in [3.8, 4) is 0 Å². The molecule has 1 aliphatic rings. The molecule has 0 fully saturated rings. The van der Waals surface area contributed by atoms with Gasteiger partial charge in [0.2, 0.25) is 12.1 Å². The van der Waals surface area contributed by atoms with Crippen molar-refractivity contribution in [2.24, 2.45) is 0 Å². The minimum absolute atomic E-state index is 0.0953. The zero-order valence-electron chi connectivity index (χ0n) is 12.3. The monoisotopic (exact) mass is 333 g/mol. The maximum atomic E-state index is 13.9. The first-order chi connectivity index (χ1) is 10.8. The second-order valence-corrected chi connectivity index (χ2v) is 4.86. The Bertz CT molecular complexity index is 587. The van der Waals surface area contributed by atoms with E-state index in [1.54, 1.807) is 11.8 Å². The van der Waals surface area contributed by atoms with Crippen LogP contribution in [0.5, 0.6) is 0 Å². The summed E-state index contributed by atoms with van der Waals surface area (Å²) in [5.74, 6) is -0.808. The van der Waals surface area contributed by atoms with E-state index in [9.17, 15) is 22.4 Å². The van der Waals surface area contributed by atoms with E-state index in [1.807, 2.05) is 0 Å². The van der Waals surface area contributed by atoms with E-state index in [0.717, 1.165) is 0 Å². The highest BCUT2D eigenvalue weighted by Gasteiger charge is 2.32. The summed E-state index contributed by atoms with van der Waals surface area (Å²) in [5.41, 5.74) is -0.632. The summed E-state index contributed by atoms with van der Waals surface area (Å²) in [4.78, 5) is 20.3. The van der Waals surface area contributed by atoms with Crippen molar-refractivity contribution < 1.29 is 27.1 Å². The number of carbonyl (C=O) groups excluding carboxylic acids is 1. The lowest BCUT2D eigenvalue weighted by Gasteiger charge is -2.27. The van der Waals surface area contributed by atoms with Crippen molar-refractivity contribution in [2.45, 2.75) is 25.7 Å². The lowest BCUT2D eigenvalue weighted by Crippen LogP contribution is -2.33. The molecule has 9 heteroatoms. The van der Waals surface area contributed by atoms with Crippen molar-refractivity contribution in [3.63, 3.8) is 0 Å². The van der Waals surface area contributed by atoms with Gasteiger partial charge in [0.05, 0.1) is 12.2 Å². The molecule has 0 N–H and O–H groups in total. The summed E-state index contributed by atoms with van der Waals surface area (Å²) >= 11 is 0. The van der Waals surface area contributed by atoms with Crippen LogP contribution in [0.3, 0.4) is 0 Å². The van der Waals surface area contributed by atoms with Gasteiger partial charge in [-0.2, -0.15) is 13.2 Å². The third-order valence-corrected chi connectivity index (χ3v) is 3.31. The molecule has 0 bridgehead atoms. The number of esters is 1. The second kappa shape index (κ2) is 6.93. The van der Waals surface area contributed by atoms with Gasteiger partial charge in [-0.3, -0.25) is 0 Å². The first-order valence-electron chi connectivity index (χ1n) is 6.96. The van der Waals surface area contributed by atoms with Gasteiger partial charge in [-0.05, 0) is 18.9 Å². The van der Waals surface area contributed by atoms with Crippen LogP contribution in [0.2, 0.25) is 0 Å². The third-order valence-electron chi connectivity index (χ3n) is 3.31. The number of carbonyl (C=O) groups is 1. The van der Waals surface area contributed by atoms with E-state index < -0.39 is 23.9 Å². The Labute approximate surface area is 130 Å². The lowest BCUT2D eigenvalue weighted by molar-refractivity contribution is -0.147. The molecule has 1 atom stereocenters. The van der Waals surface area contributed by atoms with E-state index in [2.05, 4.69) is 14.7 Å². The quantitative estimate of drug-likeness (QED) is 0.481. The summed E-state index contributed by atoms with van der Waals surface area (Å²) in [6, 6.07) is 0. The molecule has 1 aliphatic heterocycles. The van der Waals surface area contributed by atoms with Crippen LogP contribution in [0.1, 0.15) is 18.9 Å². The molecule has 0 aromatic carbocycles. The summed E-state index contributed by atoms with van der Waals surface area (Å²) in [7, 11) is 0. The molecule has 1 aromatic heterocycles. The predicted molar refractivity (Wildman–Crippen MR) is 73.5 cm³/mol. The average Bonchev–Trinajstić information content (AvgIpc) is 2.54. The summed E-state index contributed by atoms with van der Waals surface area (Å²) in [5, 5.41) is 0. The molecule has 0 amide bonds. The normalized spacial score (nSPS) is 16.7. The highest BCUT2D eigenvalue weighted by Crippen LogP contribution is 2.28. The Morgan fingerprint density at radius 1 is 1.39 bits per heavy atom. The molecule has 5 nitrogen and oxygen atoms in total. The van der Waals surface area contributed by atoms with Gasteiger partial charge in [-0.25, -0.2) is 19.2 Å². The molecule has 0 saturated carbocycles. The number of rotatable bonds is 4. The van der Waals surface area contributed by atoms with Crippen LogP contribution in [0.25, 0.3) is 0 Å². The molecule has 0 aliphatic carbocycles. The predicted octanol–water partition coefficient (Wildman–Crippen LogP) is 2.53. The fourth-order valence-electron chi connectivity index (χ4n) is 2.09. The van der Waals surface area contributed by atoms with Crippen LogP contribution in [-0.4, -0.2) is 41.8 Å². The zero-order chi connectivity index (χ0) is 17.0. The first kappa shape index (κ1) is 17.2. The second-order valence-electron chi connectivity index (χ2n) is 4.86. The van der Waals surface area contributed by atoms with Crippen molar-refractivity contribution in [2.75, 3.05) is 24.6 Å². The van der Waals surface area contributed by atoms with Crippen molar-refractivity contribution in [3.05, 3.63) is 29.6 Å². The Hall–Kier alpha value is -2.19. The minimum Gasteiger partial charge on any atom is -0.464 e. The van der Waals surface area contributed by atoms with E-state index in [-0.39, 0.29) is 25.5 Å². The Morgan fingerprint density at radius 3 is 2.52 bits per heavy atom. The molecule has 1 aromatic rings. The highest BCUT2D eigenvalue weighted by molar-refractivity contribution is 5.78. The average molecular weight is 333 g/mol. The largest absolute Gasteiger partial charge is 0.464 e. The molecule has 2 heterocycles. The van der Waals surface area contributed by atoms with E-state index in [4.69, 9.17) is 0 Å². The third kappa shape index (κ3) is 4.17. The van der Waals surface area contributed by atoms with Gasteiger partial charge in [-0.1, -0.05) is 6.08 Å². The van der Waals surface area contributed by atoms with Gasteiger partial charge in [0.25, 0.3) is 0 Å². The molecule has 0 spiro atoms. The molecule has 0 saturated heterocycles. The lowest BCUT2D eigenvalue weighted by atomic mass is 10.0. The summed E-state index contributed by atoms with van der Waals surface area (Å²) < 4.78 is 55.8. The molecule has 2 rings (SSSR count). The smallest absolute Gasteiger partial charge is 0.419 e. The fourth-order valence-corrected chi connectivity index (χ4v) is 2.09. The number of nitrogens with zero attached hydrogens (tertiary/aromatic N) is 3. The fraction of sp³-hybridized carbons (Fsp3) is 0.500. The minimum atomic E-state index is -4.49. The van der Waals surface area contributed by atoms with Gasteiger partial charge in [0.1, 0.15) is 0 Å². The number of hydrogen-bond donors (Lipinski definition) is 0. The molecule has 126 valence electrons. The molecular formula is C14H15F4N3O2. The standard InChI is InChI=1S/C14H15F4N3O2/c1-2-23-12(22)11(15)9-3-5-21(6-4-9)13-19-7-10(8-20-13)14(16,17)18/h3,7-8,11H,2,4-6H2,1H3. The molecule has 1 unspecified atom stereocenters. The van der Waals surface area contributed by atoms with E-state index in [1.165, 1.54) is 6.08 Å². The Morgan fingerprint density at radius 2 is 2.04 bits per heavy atom. The van der Waals surface area contributed by atoms with Gasteiger partial charge in [0.15, 0.2) is 0 Å². The van der Waals surface area contributed by atoms with E-state index in [0.29, 0.717) is 24.5 Å². The van der Waals surface area contributed by atoms with Gasteiger partial charge in [-0.15, -0.1) is 0 Å². The Balaban J connectivity index is 2.02. The Kier molecular flexibility index (Phi) is 5.17.